The zero-order chi connectivity index (χ0) is 30.2. The Morgan fingerprint density at radius 3 is 1.79 bits per heavy atom. The summed E-state index contributed by atoms with van der Waals surface area (Å²) >= 11 is 0. The van der Waals surface area contributed by atoms with Crippen LogP contribution >= 0.6 is 0 Å². The second kappa shape index (κ2) is 13.8. The third-order valence-corrected chi connectivity index (χ3v) is 7.75. The quantitative estimate of drug-likeness (QED) is 0.310. The van der Waals surface area contributed by atoms with Crippen LogP contribution in [0.4, 0.5) is 0 Å². The zero-order valence-corrected chi connectivity index (χ0v) is 23.9. The van der Waals surface area contributed by atoms with Crippen molar-refractivity contribution in [1.29, 1.82) is 0 Å². The highest BCUT2D eigenvalue weighted by molar-refractivity contribution is 7.79. The first-order valence-corrected chi connectivity index (χ1v) is 15.2. The first-order valence-electron chi connectivity index (χ1n) is 13.8. The summed E-state index contributed by atoms with van der Waals surface area (Å²) in [5, 5.41) is 15.2. The Kier molecular flexibility index (Phi) is 10.2. The molecule has 0 bridgehead atoms. The van der Waals surface area contributed by atoms with Crippen molar-refractivity contribution in [2.45, 2.75) is 31.6 Å². The third-order valence-electron chi connectivity index (χ3n) is 7.75. The van der Waals surface area contributed by atoms with Gasteiger partial charge in [-0.1, -0.05) is 91.0 Å². The fraction of sp³-hybridized carbons (Fsp3) is 0.323. The van der Waals surface area contributed by atoms with Gasteiger partial charge in [0.2, 0.25) is 0 Å². The number of rotatable bonds is 9. The van der Waals surface area contributed by atoms with Gasteiger partial charge in [0.05, 0.1) is 24.1 Å². The highest BCUT2D eigenvalue weighted by atomic mass is 32.3. The number of nitrogens with zero attached hydrogens (tertiary/aromatic N) is 3. The first-order chi connectivity index (χ1) is 20.1. The van der Waals surface area contributed by atoms with Crippen LogP contribution in [0.3, 0.4) is 0 Å². The predicted octanol–water partition coefficient (Wildman–Crippen LogP) is 4.36. The summed E-state index contributed by atoms with van der Waals surface area (Å²) in [4.78, 5) is 27.2. The maximum absolute atomic E-state index is 13.6. The van der Waals surface area contributed by atoms with E-state index >= 15 is 0 Å². The minimum absolute atomic E-state index is 0.0568. The van der Waals surface area contributed by atoms with Crippen molar-refractivity contribution in [2.24, 2.45) is 10.5 Å². The lowest BCUT2D eigenvalue weighted by Gasteiger charge is -2.39. The molecule has 1 amide bonds. The number of likely N-dealkylation sites (tertiary alicyclic amines) is 1. The van der Waals surface area contributed by atoms with E-state index in [-0.39, 0.29) is 18.9 Å². The Bertz CT molecular complexity index is 1430. The molecule has 1 fully saturated rings. The predicted molar refractivity (Wildman–Crippen MR) is 159 cm³/mol. The standard InChI is InChI=1S/C31H33N3O3.H2O4S/c35-28(36)17-21-34-30(37)31(29(32-34)26-14-8-3-9-15-26)18-22-33(23-19-31)20-16-27(24-10-4-1-5-11-24)25-12-6-2-7-13-25;1-5(2,3)4/h1-15,27H,16-23H2,(H,35,36);(H2,1,2,3,4). The average molecular weight is 594 g/mol. The number of hydrogen-bond acceptors (Lipinski definition) is 6. The molecule has 10 nitrogen and oxygen atoms in total. The maximum Gasteiger partial charge on any atom is 0.394 e. The third kappa shape index (κ3) is 8.10. The summed E-state index contributed by atoms with van der Waals surface area (Å²) in [5.74, 6) is -0.663. The number of carboxylic acid groups (broad SMARTS) is 1. The van der Waals surface area contributed by atoms with Crippen LogP contribution in [0.25, 0.3) is 0 Å². The average Bonchev–Trinajstić information content (AvgIpc) is 3.24. The lowest BCUT2D eigenvalue weighted by molar-refractivity contribution is -0.140. The van der Waals surface area contributed by atoms with Gasteiger partial charge in [-0.25, -0.2) is 5.01 Å². The van der Waals surface area contributed by atoms with E-state index < -0.39 is 21.8 Å². The van der Waals surface area contributed by atoms with Gasteiger partial charge in [0.1, 0.15) is 0 Å². The van der Waals surface area contributed by atoms with Crippen molar-refractivity contribution >= 4 is 28.0 Å². The van der Waals surface area contributed by atoms with E-state index in [2.05, 4.69) is 70.7 Å². The highest BCUT2D eigenvalue weighted by Crippen LogP contribution is 2.42. The normalized spacial score (nSPS) is 16.7. The van der Waals surface area contributed by atoms with Crippen molar-refractivity contribution in [1.82, 2.24) is 9.91 Å². The molecule has 3 aromatic rings. The number of aliphatic carboxylic acids is 1. The van der Waals surface area contributed by atoms with Gasteiger partial charge in [-0.15, -0.1) is 0 Å². The summed E-state index contributed by atoms with van der Waals surface area (Å²) in [6.45, 7) is 2.66. The van der Waals surface area contributed by atoms with E-state index in [0.717, 1.165) is 37.3 Å². The first kappa shape index (κ1) is 31.0. The Morgan fingerprint density at radius 2 is 1.31 bits per heavy atom. The molecule has 1 saturated heterocycles. The van der Waals surface area contributed by atoms with Gasteiger partial charge in [-0.05, 0) is 55.6 Å². The summed E-state index contributed by atoms with van der Waals surface area (Å²) in [5.41, 5.74) is 3.68. The van der Waals surface area contributed by atoms with Crippen LogP contribution in [-0.4, -0.2) is 76.3 Å². The summed E-state index contributed by atoms with van der Waals surface area (Å²) in [6.07, 6.45) is 2.26. The van der Waals surface area contributed by atoms with Crippen LogP contribution in [0, 0.1) is 5.41 Å². The van der Waals surface area contributed by atoms with Crippen LogP contribution in [0.2, 0.25) is 0 Å². The molecule has 3 N–H and O–H groups in total. The molecular formula is C31H35N3O7S. The molecule has 1 spiro atoms. The van der Waals surface area contributed by atoms with E-state index in [1.807, 2.05) is 30.3 Å². The van der Waals surface area contributed by atoms with E-state index in [9.17, 15) is 9.59 Å². The number of hydrogen-bond donors (Lipinski definition) is 3. The zero-order valence-electron chi connectivity index (χ0n) is 23.1. The van der Waals surface area contributed by atoms with Gasteiger partial charge in [0, 0.05) is 5.92 Å². The molecule has 0 saturated carbocycles. The van der Waals surface area contributed by atoms with Crippen LogP contribution in [0.15, 0.2) is 96.1 Å². The van der Waals surface area contributed by atoms with Gasteiger partial charge in [0.15, 0.2) is 0 Å². The number of piperidine rings is 1. The van der Waals surface area contributed by atoms with Gasteiger partial charge in [-0.2, -0.15) is 13.5 Å². The lowest BCUT2D eigenvalue weighted by Crippen LogP contribution is -2.49. The van der Waals surface area contributed by atoms with E-state index in [1.54, 1.807) is 0 Å². The Hall–Kier alpha value is -3.90. The fourth-order valence-corrected chi connectivity index (χ4v) is 5.71. The Balaban J connectivity index is 0.000000748. The monoisotopic (exact) mass is 593 g/mol. The molecule has 2 aliphatic rings. The van der Waals surface area contributed by atoms with Crippen molar-refractivity contribution in [2.75, 3.05) is 26.2 Å². The molecule has 11 heteroatoms. The number of carbonyl (C=O) groups is 2. The second-order valence-corrected chi connectivity index (χ2v) is 11.3. The molecular weight excluding hydrogens is 558 g/mol. The van der Waals surface area contributed by atoms with Crippen LogP contribution < -0.4 is 0 Å². The molecule has 5 rings (SSSR count). The fourth-order valence-electron chi connectivity index (χ4n) is 5.71. The van der Waals surface area contributed by atoms with Gasteiger partial charge < -0.3 is 10.0 Å². The Labute approximate surface area is 245 Å². The van der Waals surface area contributed by atoms with Crippen LogP contribution in [-0.2, 0) is 20.0 Å². The topological polar surface area (TPSA) is 148 Å². The molecule has 2 heterocycles. The number of benzene rings is 3. The summed E-state index contributed by atoms with van der Waals surface area (Å²) in [7, 11) is -4.67. The van der Waals surface area contributed by atoms with Gasteiger partial charge in [0.25, 0.3) is 5.91 Å². The molecule has 0 radical (unpaired) electrons. The molecule has 2 aliphatic heterocycles. The molecule has 42 heavy (non-hydrogen) atoms. The summed E-state index contributed by atoms with van der Waals surface area (Å²) in [6, 6.07) is 31.2. The SMILES string of the molecule is O=C(O)CCN1N=C(c2ccccc2)C2(CCN(CCC(c3ccccc3)c3ccccc3)CC2)C1=O.O=S(=O)(O)O. The van der Waals surface area contributed by atoms with Crippen molar-refractivity contribution in [3.8, 4) is 0 Å². The number of carboxylic acids is 1. The number of carbonyl (C=O) groups excluding carboxylic acids is 1. The highest BCUT2D eigenvalue weighted by Gasteiger charge is 2.52. The smallest absolute Gasteiger partial charge is 0.394 e. The molecule has 0 aromatic heterocycles. The minimum Gasteiger partial charge on any atom is -0.481 e. The van der Waals surface area contributed by atoms with Gasteiger partial charge in [-0.3, -0.25) is 18.7 Å². The molecule has 0 aliphatic carbocycles. The van der Waals surface area contributed by atoms with E-state index in [0.29, 0.717) is 18.8 Å². The van der Waals surface area contributed by atoms with Crippen molar-refractivity contribution in [3.63, 3.8) is 0 Å². The lowest BCUT2D eigenvalue weighted by atomic mass is 9.72. The summed E-state index contributed by atoms with van der Waals surface area (Å²) < 4.78 is 31.6. The van der Waals surface area contributed by atoms with E-state index in [4.69, 9.17) is 22.6 Å². The van der Waals surface area contributed by atoms with Crippen molar-refractivity contribution < 1.29 is 32.2 Å². The molecule has 0 unspecified atom stereocenters. The minimum atomic E-state index is -4.67. The number of hydrazone groups is 1. The second-order valence-electron chi connectivity index (χ2n) is 10.4. The van der Waals surface area contributed by atoms with E-state index in [1.165, 1.54) is 16.1 Å². The van der Waals surface area contributed by atoms with Gasteiger partial charge >= 0.3 is 16.4 Å². The molecule has 0 atom stereocenters. The molecule has 3 aromatic carbocycles. The maximum atomic E-state index is 13.6. The molecule has 222 valence electrons. The van der Waals surface area contributed by atoms with Crippen LogP contribution in [0.1, 0.15) is 48.3 Å². The van der Waals surface area contributed by atoms with Crippen LogP contribution in [0.5, 0.6) is 0 Å². The largest absolute Gasteiger partial charge is 0.481 e. The Morgan fingerprint density at radius 1 is 0.833 bits per heavy atom. The van der Waals surface area contributed by atoms with Crippen molar-refractivity contribution in [3.05, 3.63) is 108 Å². The number of amides is 1.